The van der Waals surface area contributed by atoms with Crippen molar-refractivity contribution in [2.75, 3.05) is 40.3 Å². The first kappa shape index (κ1) is 20.6. The van der Waals surface area contributed by atoms with Gasteiger partial charge in [0.25, 0.3) is 0 Å². The van der Waals surface area contributed by atoms with Crippen LogP contribution in [0.5, 0.6) is 17.2 Å². The average molecular weight is 451 g/mol. The second-order valence-corrected chi connectivity index (χ2v) is 9.06. The fraction of sp³-hybridized carbons (Fsp3) is 0.333. The van der Waals surface area contributed by atoms with Crippen molar-refractivity contribution in [2.45, 2.75) is 18.8 Å². The molecule has 1 fully saturated rings. The highest BCUT2D eigenvalue weighted by Gasteiger charge is 2.30. The van der Waals surface area contributed by atoms with Crippen molar-refractivity contribution in [3.63, 3.8) is 0 Å². The van der Waals surface area contributed by atoms with Gasteiger partial charge in [-0.1, -0.05) is 23.5 Å². The van der Waals surface area contributed by atoms with Crippen molar-refractivity contribution in [1.82, 2.24) is 14.6 Å². The number of ether oxygens (including phenoxy) is 3. The van der Waals surface area contributed by atoms with Crippen LogP contribution >= 0.6 is 11.3 Å². The summed E-state index contributed by atoms with van der Waals surface area (Å²) in [6, 6.07) is 12.3. The molecule has 8 heteroatoms. The normalized spacial score (nSPS) is 13.4. The second-order valence-electron chi connectivity index (χ2n) is 8.07. The maximum Gasteiger partial charge on any atom is 0.213 e. The van der Waals surface area contributed by atoms with Crippen LogP contribution in [0.25, 0.3) is 27.5 Å². The van der Waals surface area contributed by atoms with Gasteiger partial charge in [0.2, 0.25) is 10.7 Å². The average Bonchev–Trinajstić information content (AvgIpc) is 3.49. The summed E-state index contributed by atoms with van der Waals surface area (Å²) >= 11 is 1.67. The van der Waals surface area contributed by atoms with Gasteiger partial charge in [-0.25, -0.2) is 9.50 Å². The van der Waals surface area contributed by atoms with Crippen LogP contribution < -0.4 is 19.1 Å². The summed E-state index contributed by atoms with van der Waals surface area (Å²) in [7, 11) is 8.92. The van der Waals surface area contributed by atoms with E-state index < -0.39 is 0 Å². The third-order valence-corrected chi connectivity index (χ3v) is 6.81. The first-order chi connectivity index (χ1) is 15.5. The van der Waals surface area contributed by atoms with Crippen molar-refractivity contribution in [3.05, 3.63) is 41.4 Å². The van der Waals surface area contributed by atoms with Crippen LogP contribution in [0.1, 0.15) is 23.8 Å². The zero-order valence-corrected chi connectivity index (χ0v) is 19.7. The van der Waals surface area contributed by atoms with Crippen LogP contribution in [-0.2, 0) is 0 Å². The Morgan fingerprint density at radius 1 is 0.938 bits per heavy atom. The van der Waals surface area contributed by atoms with Gasteiger partial charge in [0, 0.05) is 36.8 Å². The molecule has 0 radical (unpaired) electrons. The van der Waals surface area contributed by atoms with E-state index in [1.807, 2.05) is 30.7 Å². The zero-order chi connectivity index (χ0) is 22.4. The van der Waals surface area contributed by atoms with Gasteiger partial charge >= 0.3 is 0 Å². The summed E-state index contributed by atoms with van der Waals surface area (Å²) in [5.41, 5.74) is 4.88. The highest BCUT2D eigenvalue weighted by molar-refractivity contribution is 7.16. The van der Waals surface area contributed by atoms with Gasteiger partial charge in [-0.2, -0.15) is 5.10 Å². The number of fused-ring (bicyclic) bond motifs is 1. The van der Waals surface area contributed by atoms with E-state index in [2.05, 4.69) is 29.2 Å². The number of hydrogen-bond acceptors (Lipinski definition) is 7. The summed E-state index contributed by atoms with van der Waals surface area (Å²) in [6.45, 7) is 0. The van der Waals surface area contributed by atoms with E-state index in [1.165, 1.54) is 12.8 Å². The van der Waals surface area contributed by atoms with Crippen LogP contribution in [-0.4, -0.2) is 50.0 Å². The topological polar surface area (TPSA) is 61.1 Å². The Balaban J connectivity index is 1.73. The van der Waals surface area contributed by atoms with Gasteiger partial charge in [0.15, 0.2) is 11.5 Å². The van der Waals surface area contributed by atoms with E-state index in [-0.39, 0.29) is 0 Å². The lowest BCUT2D eigenvalue weighted by molar-refractivity contribution is 0.324. The van der Waals surface area contributed by atoms with Crippen molar-refractivity contribution < 1.29 is 14.2 Å². The lowest BCUT2D eigenvalue weighted by atomic mass is 10.0. The molecule has 2 heterocycles. The van der Waals surface area contributed by atoms with Gasteiger partial charge in [-0.05, 0) is 37.1 Å². The Kier molecular flexibility index (Phi) is 5.17. The molecule has 1 aliphatic rings. The molecule has 2 aromatic carbocycles. The van der Waals surface area contributed by atoms with E-state index in [0.717, 1.165) is 38.2 Å². The van der Waals surface area contributed by atoms with Crippen molar-refractivity contribution >= 4 is 22.0 Å². The van der Waals surface area contributed by atoms with Crippen LogP contribution in [0.3, 0.4) is 0 Å². The van der Waals surface area contributed by atoms with E-state index in [1.54, 1.807) is 32.7 Å². The fourth-order valence-corrected chi connectivity index (χ4v) is 4.92. The number of aromatic nitrogens is 3. The second kappa shape index (κ2) is 8.02. The monoisotopic (exact) mass is 450 g/mol. The van der Waals surface area contributed by atoms with Crippen molar-refractivity contribution in [1.29, 1.82) is 0 Å². The Morgan fingerprint density at radius 3 is 2.12 bits per heavy atom. The van der Waals surface area contributed by atoms with Crippen molar-refractivity contribution in [2.24, 2.45) is 0 Å². The molecule has 0 aliphatic heterocycles. The molecular weight excluding hydrogens is 424 g/mol. The summed E-state index contributed by atoms with van der Waals surface area (Å²) in [5.74, 6) is 2.33. The van der Waals surface area contributed by atoms with Gasteiger partial charge in [0.1, 0.15) is 16.4 Å². The first-order valence-electron chi connectivity index (χ1n) is 10.5. The predicted molar refractivity (Wildman–Crippen MR) is 128 cm³/mol. The highest BCUT2D eigenvalue weighted by atomic mass is 32.1. The number of rotatable bonds is 7. The quantitative estimate of drug-likeness (QED) is 0.391. The standard InChI is InChI=1S/C24H26N4O3S/c1-27(2)17-10-8-14(9-11-17)21-20(25-24-28(21)26-23(32-24)15-6-7-15)16-12-18(29-3)22(31-5)19(13-16)30-4/h8-13,15H,6-7H2,1-5H3. The predicted octanol–water partition coefficient (Wildman–Crippen LogP) is 5.09. The number of nitrogens with zero attached hydrogens (tertiary/aromatic N) is 4. The molecule has 0 amide bonds. The maximum absolute atomic E-state index is 5.58. The van der Waals surface area contributed by atoms with Gasteiger partial charge in [-0.3, -0.25) is 0 Å². The molecule has 2 aromatic heterocycles. The minimum absolute atomic E-state index is 0.561. The molecule has 0 saturated heterocycles. The van der Waals surface area contributed by atoms with E-state index >= 15 is 0 Å². The lowest BCUT2D eigenvalue weighted by Gasteiger charge is -2.15. The molecule has 0 unspecified atom stereocenters. The maximum atomic E-state index is 5.58. The largest absolute Gasteiger partial charge is 0.493 e. The SMILES string of the molecule is COc1cc(-c2nc3sc(C4CC4)nn3c2-c2ccc(N(C)C)cc2)cc(OC)c1OC. The number of imidazole rings is 1. The zero-order valence-electron chi connectivity index (χ0n) is 18.9. The highest BCUT2D eigenvalue weighted by Crippen LogP contribution is 2.46. The van der Waals surface area contributed by atoms with Crippen molar-refractivity contribution in [3.8, 4) is 39.8 Å². The summed E-state index contributed by atoms with van der Waals surface area (Å²) in [5, 5.41) is 6.11. The Labute approximate surface area is 191 Å². The third kappa shape index (κ3) is 3.44. The molecule has 5 rings (SSSR count). The number of anilines is 1. The minimum atomic E-state index is 0.561. The molecule has 0 atom stereocenters. The molecule has 1 saturated carbocycles. The summed E-state index contributed by atoms with van der Waals surface area (Å²) < 4.78 is 18.7. The van der Waals surface area contributed by atoms with E-state index in [0.29, 0.717) is 23.2 Å². The van der Waals surface area contributed by atoms with E-state index in [4.69, 9.17) is 24.3 Å². The van der Waals surface area contributed by atoms with Gasteiger partial charge in [0.05, 0.1) is 21.3 Å². The fourth-order valence-electron chi connectivity index (χ4n) is 3.85. The van der Waals surface area contributed by atoms with E-state index in [9.17, 15) is 0 Å². The summed E-state index contributed by atoms with van der Waals surface area (Å²) in [4.78, 5) is 7.99. The number of hydrogen-bond donors (Lipinski definition) is 0. The number of benzene rings is 2. The number of methoxy groups -OCH3 is 3. The van der Waals surface area contributed by atoms with Crippen LogP contribution in [0.2, 0.25) is 0 Å². The third-order valence-electron chi connectivity index (χ3n) is 5.74. The first-order valence-corrected chi connectivity index (χ1v) is 11.3. The summed E-state index contributed by atoms with van der Waals surface area (Å²) in [6.07, 6.45) is 2.42. The Bertz CT molecular complexity index is 1250. The molecule has 32 heavy (non-hydrogen) atoms. The molecule has 0 N–H and O–H groups in total. The Hall–Kier alpha value is -3.26. The van der Waals surface area contributed by atoms with Crippen LogP contribution in [0, 0.1) is 0 Å². The molecular formula is C24H26N4O3S. The van der Waals surface area contributed by atoms with Gasteiger partial charge in [-0.15, -0.1) is 0 Å². The molecule has 1 aliphatic carbocycles. The molecule has 0 spiro atoms. The molecule has 166 valence electrons. The molecule has 0 bridgehead atoms. The van der Waals surface area contributed by atoms with Crippen LogP contribution in [0.15, 0.2) is 36.4 Å². The Morgan fingerprint density at radius 2 is 1.59 bits per heavy atom. The molecule has 7 nitrogen and oxygen atoms in total. The minimum Gasteiger partial charge on any atom is -0.493 e. The molecule has 4 aromatic rings. The van der Waals surface area contributed by atoms with Crippen LogP contribution in [0.4, 0.5) is 5.69 Å². The smallest absolute Gasteiger partial charge is 0.213 e. The van der Waals surface area contributed by atoms with Gasteiger partial charge < -0.3 is 19.1 Å². The lowest BCUT2D eigenvalue weighted by Crippen LogP contribution is -2.08.